The van der Waals surface area contributed by atoms with Gasteiger partial charge < -0.3 is 10.1 Å². The number of alkyl halides is 3. The Morgan fingerprint density at radius 1 is 1.10 bits per heavy atom. The lowest BCUT2D eigenvalue weighted by molar-refractivity contribution is -0.182. The molecule has 0 aliphatic heterocycles. The fraction of sp³-hybridized carbons (Fsp3) is 0.500. The van der Waals surface area contributed by atoms with Crippen molar-refractivity contribution in [2.45, 2.75) is 37.9 Å². The highest BCUT2D eigenvalue weighted by Crippen LogP contribution is 2.37. The van der Waals surface area contributed by atoms with E-state index in [2.05, 4.69) is 5.32 Å². The Morgan fingerprint density at radius 3 is 2.25 bits per heavy atom. The molecule has 2 rings (SSSR count). The van der Waals surface area contributed by atoms with Gasteiger partial charge in [0.2, 0.25) is 0 Å². The first-order valence-electron chi connectivity index (χ1n) is 6.55. The highest BCUT2D eigenvalue weighted by atomic mass is 19.4. The number of rotatable bonds is 2. The molecule has 0 heterocycles. The molecule has 6 heteroatoms. The maximum absolute atomic E-state index is 12.5. The van der Waals surface area contributed by atoms with Crippen LogP contribution in [-0.2, 0) is 0 Å². The number of nitrogens with one attached hydrogen (secondary N) is 1. The Kier molecular flexibility index (Phi) is 4.52. The smallest absolute Gasteiger partial charge is 0.410 e. The maximum Gasteiger partial charge on any atom is 0.412 e. The molecule has 1 aromatic carbocycles. The molecule has 1 saturated carbocycles. The van der Waals surface area contributed by atoms with Crippen molar-refractivity contribution >= 4 is 6.09 Å². The summed E-state index contributed by atoms with van der Waals surface area (Å²) in [6.07, 6.45) is -3.98. The van der Waals surface area contributed by atoms with E-state index in [-0.39, 0.29) is 18.9 Å². The van der Waals surface area contributed by atoms with E-state index in [0.29, 0.717) is 18.6 Å². The lowest BCUT2D eigenvalue weighted by Crippen LogP contribution is -2.41. The first-order valence-corrected chi connectivity index (χ1v) is 6.55. The van der Waals surface area contributed by atoms with Crippen LogP contribution in [0.2, 0.25) is 0 Å². The van der Waals surface area contributed by atoms with E-state index in [0.717, 1.165) is 0 Å². The molecule has 0 spiro atoms. The molecule has 0 bridgehead atoms. The Balaban J connectivity index is 1.77. The molecular weight excluding hydrogens is 271 g/mol. The lowest BCUT2D eigenvalue weighted by Gasteiger charge is -2.29. The summed E-state index contributed by atoms with van der Waals surface area (Å²) < 4.78 is 42.6. The molecule has 0 radical (unpaired) electrons. The monoisotopic (exact) mass is 287 g/mol. The molecular formula is C14H16F3NO2. The van der Waals surface area contributed by atoms with Crippen LogP contribution in [-0.4, -0.2) is 18.3 Å². The highest BCUT2D eigenvalue weighted by molar-refractivity contribution is 5.70. The summed E-state index contributed by atoms with van der Waals surface area (Å²) >= 11 is 0. The molecule has 20 heavy (non-hydrogen) atoms. The second-order valence-corrected chi connectivity index (χ2v) is 4.94. The van der Waals surface area contributed by atoms with Crippen molar-refractivity contribution in [3.63, 3.8) is 0 Å². The number of hydrogen-bond acceptors (Lipinski definition) is 2. The van der Waals surface area contributed by atoms with Crippen LogP contribution < -0.4 is 10.1 Å². The molecule has 1 N–H and O–H groups in total. The third-order valence-electron chi connectivity index (χ3n) is 3.47. The predicted octanol–water partition coefficient (Wildman–Crippen LogP) is 3.90. The number of benzene rings is 1. The minimum atomic E-state index is -4.13. The van der Waals surface area contributed by atoms with Gasteiger partial charge in [0.05, 0.1) is 5.92 Å². The van der Waals surface area contributed by atoms with Crippen LogP contribution in [0.25, 0.3) is 0 Å². The molecule has 110 valence electrons. The molecule has 0 aromatic heterocycles. The largest absolute Gasteiger partial charge is 0.412 e. The minimum Gasteiger partial charge on any atom is -0.410 e. The Labute approximate surface area is 115 Å². The summed E-state index contributed by atoms with van der Waals surface area (Å²) in [5.41, 5.74) is 0. The SMILES string of the molecule is O=C(NC1CCC(C(F)(F)F)CC1)Oc1ccccc1. The number of halogens is 3. The highest BCUT2D eigenvalue weighted by Gasteiger charge is 2.41. The number of ether oxygens (including phenoxy) is 1. The van der Waals surface area contributed by atoms with Crippen LogP contribution in [0, 0.1) is 5.92 Å². The van der Waals surface area contributed by atoms with E-state index >= 15 is 0 Å². The Hall–Kier alpha value is -1.72. The summed E-state index contributed by atoms with van der Waals surface area (Å²) in [4.78, 5) is 11.6. The second kappa shape index (κ2) is 6.15. The third-order valence-corrected chi connectivity index (χ3v) is 3.47. The number of carbonyl (C=O) groups excluding carboxylic acids is 1. The van der Waals surface area contributed by atoms with Gasteiger partial charge in [0.15, 0.2) is 0 Å². The fourth-order valence-corrected chi connectivity index (χ4v) is 2.36. The zero-order valence-electron chi connectivity index (χ0n) is 10.8. The Bertz CT molecular complexity index is 439. The van der Waals surface area contributed by atoms with Crippen LogP contribution in [0.5, 0.6) is 5.75 Å². The molecule has 3 nitrogen and oxygen atoms in total. The molecule has 1 aliphatic rings. The van der Waals surface area contributed by atoms with Gasteiger partial charge in [-0.2, -0.15) is 13.2 Å². The average molecular weight is 287 g/mol. The van der Waals surface area contributed by atoms with Gasteiger partial charge in [0.1, 0.15) is 5.75 Å². The van der Waals surface area contributed by atoms with Crippen molar-refractivity contribution in [1.29, 1.82) is 0 Å². The van der Waals surface area contributed by atoms with Crippen molar-refractivity contribution in [2.24, 2.45) is 5.92 Å². The number of amides is 1. The second-order valence-electron chi connectivity index (χ2n) is 4.94. The van der Waals surface area contributed by atoms with Crippen molar-refractivity contribution in [3.05, 3.63) is 30.3 Å². The number of hydrogen-bond donors (Lipinski definition) is 1. The minimum absolute atomic E-state index is 0.0553. The topological polar surface area (TPSA) is 38.3 Å². The van der Waals surface area contributed by atoms with Crippen LogP contribution >= 0.6 is 0 Å². The van der Waals surface area contributed by atoms with Crippen LogP contribution in [0.4, 0.5) is 18.0 Å². The number of carbonyl (C=O) groups is 1. The van der Waals surface area contributed by atoms with Gasteiger partial charge in [-0.15, -0.1) is 0 Å². The van der Waals surface area contributed by atoms with Gasteiger partial charge in [-0.1, -0.05) is 18.2 Å². The van der Waals surface area contributed by atoms with Gasteiger partial charge >= 0.3 is 12.3 Å². The third kappa shape index (κ3) is 4.15. The van der Waals surface area contributed by atoms with Gasteiger partial charge in [0.25, 0.3) is 0 Å². The Morgan fingerprint density at radius 2 is 1.70 bits per heavy atom. The zero-order valence-corrected chi connectivity index (χ0v) is 10.8. The molecule has 0 atom stereocenters. The van der Waals surface area contributed by atoms with E-state index in [9.17, 15) is 18.0 Å². The van der Waals surface area contributed by atoms with E-state index < -0.39 is 18.2 Å². The summed E-state index contributed by atoms with van der Waals surface area (Å²) in [6.45, 7) is 0. The van der Waals surface area contributed by atoms with Crippen molar-refractivity contribution < 1.29 is 22.7 Å². The lowest BCUT2D eigenvalue weighted by atomic mass is 9.86. The van der Waals surface area contributed by atoms with Gasteiger partial charge in [-0.05, 0) is 37.8 Å². The molecule has 1 amide bonds. The molecule has 1 aliphatic carbocycles. The number of para-hydroxylation sites is 1. The molecule has 1 aromatic rings. The van der Waals surface area contributed by atoms with Gasteiger partial charge in [-0.3, -0.25) is 0 Å². The summed E-state index contributed by atoms with van der Waals surface area (Å²) in [5, 5.41) is 2.61. The summed E-state index contributed by atoms with van der Waals surface area (Å²) in [5.74, 6) is -0.834. The van der Waals surface area contributed by atoms with Gasteiger partial charge in [-0.25, -0.2) is 4.79 Å². The van der Waals surface area contributed by atoms with Crippen molar-refractivity contribution in [3.8, 4) is 5.75 Å². The zero-order chi connectivity index (χ0) is 14.6. The van der Waals surface area contributed by atoms with E-state index in [1.54, 1.807) is 30.3 Å². The standard InChI is InChI=1S/C14H16F3NO2/c15-14(16,17)10-6-8-11(9-7-10)18-13(19)20-12-4-2-1-3-5-12/h1-5,10-11H,6-9H2,(H,18,19). The molecule has 0 unspecified atom stereocenters. The van der Waals surface area contributed by atoms with E-state index in [1.807, 2.05) is 0 Å². The van der Waals surface area contributed by atoms with Gasteiger partial charge in [0, 0.05) is 6.04 Å². The van der Waals surface area contributed by atoms with Crippen LogP contribution in [0.3, 0.4) is 0 Å². The fourth-order valence-electron chi connectivity index (χ4n) is 2.36. The van der Waals surface area contributed by atoms with Crippen molar-refractivity contribution in [2.75, 3.05) is 0 Å². The van der Waals surface area contributed by atoms with Crippen LogP contribution in [0.15, 0.2) is 30.3 Å². The first kappa shape index (κ1) is 14.7. The predicted molar refractivity (Wildman–Crippen MR) is 67.4 cm³/mol. The van der Waals surface area contributed by atoms with Crippen LogP contribution in [0.1, 0.15) is 25.7 Å². The molecule has 1 fully saturated rings. The maximum atomic E-state index is 12.5. The van der Waals surface area contributed by atoms with E-state index in [4.69, 9.17) is 4.74 Å². The first-order chi connectivity index (χ1) is 9.45. The normalized spacial score (nSPS) is 23.1. The van der Waals surface area contributed by atoms with E-state index in [1.165, 1.54) is 0 Å². The summed E-state index contributed by atoms with van der Waals surface area (Å²) in [6, 6.07) is 8.29. The van der Waals surface area contributed by atoms with Crippen molar-refractivity contribution in [1.82, 2.24) is 5.32 Å². The average Bonchev–Trinajstić information content (AvgIpc) is 2.39. The molecule has 0 saturated heterocycles. The quantitative estimate of drug-likeness (QED) is 0.896. The summed E-state index contributed by atoms with van der Waals surface area (Å²) in [7, 11) is 0.